The first-order chi connectivity index (χ1) is 32.9. The van der Waals surface area contributed by atoms with Crippen molar-refractivity contribution in [2.75, 3.05) is 41.4 Å². The maximum absolute atomic E-state index is 15.6. The number of aromatic nitrogens is 1. The Bertz CT molecular complexity index is 2240. The molecular formula is C53H77N3O13S. The van der Waals surface area contributed by atoms with E-state index >= 15 is 9.59 Å². The number of cyclic esters (lactones) is 1. The third-order valence-corrected chi connectivity index (χ3v) is 17.3. The molecule has 70 heavy (non-hydrogen) atoms. The molecule has 0 radical (unpaired) electrons. The van der Waals surface area contributed by atoms with E-state index in [9.17, 15) is 15.0 Å². The standard InChI is InChI=1S/C53H77N3O13S/c1-15-38-53(10)43-40(48(61)69-53)56(13)28-50(43,7)44(58)29(2)26-52(9,63-24-18-19-34-21-22-37(70-34)35-20-16-17-23-54-35)46(68-49-41(57)36(55(11)12)25-30(3)64-49)31(4)42(32(5)47(60)66-38)67-39-27-51(8,62-14)45(59)33(6)65-39/h16-17,20-23,29-33,36,38-43,45-46,49,57,59H,15,24-28H2,1-14H3/t29-,30-,31-,32-,33+,36+,38-,39+,40-,41-,42?,43-,45+,46-,49+,50-,51-,52+,53-/m1/s1. The molecule has 1 unspecified atom stereocenters. The number of methoxy groups -OCH3 is 1. The van der Waals surface area contributed by atoms with Crippen LogP contribution in [0.5, 0.6) is 0 Å². The minimum atomic E-state index is -1.40. The first-order valence-electron chi connectivity index (χ1n) is 24.9. The van der Waals surface area contributed by atoms with Crippen molar-refractivity contribution in [3.63, 3.8) is 0 Å². The Balaban J connectivity index is 1.36. The van der Waals surface area contributed by atoms with Gasteiger partial charge in [-0.1, -0.05) is 45.6 Å². The molecule has 388 valence electrons. The van der Waals surface area contributed by atoms with Crippen LogP contribution in [0.15, 0.2) is 36.5 Å². The molecule has 16 nitrogen and oxygen atoms in total. The van der Waals surface area contributed by atoms with Crippen molar-refractivity contribution >= 4 is 29.1 Å². The van der Waals surface area contributed by atoms with Crippen molar-refractivity contribution in [2.45, 2.75) is 179 Å². The molecular weight excluding hydrogens is 919 g/mol. The summed E-state index contributed by atoms with van der Waals surface area (Å²) in [6.07, 6.45) is -5.52. The summed E-state index contributed by atoms with van der Waals surface area (Å²) in [6, 6.07) is 8.59. The maximum atomic E-state index is 15.6. The highest BCUT2D eigenvalue weighted by atomic mass is 32.1. The van der Waals surface area contributed by atoms with E-state index in [1.54, 1.807) is 33.9 Å². The second kappa shape index (κ2) is 21.2. The zero-order chi connectivity index (χ0) is 51.2. The third-order valence-electron chi connectivity index (χ3n) is 16.2. The Morgan fingerprint density at radius 2 is 1.69 bits per heavy atom. The Labute approximate surface area is 418 Å². The Morgan fingerprint density at radius 3 is 2.34 bits per heavy atom. The minimum Gasteiger partial charge on any atom is -0.458 e. The second-order valence-electron chi connectivity index (χ2n) is 21.8. The number of hydrogen-bond acceptors (Lipinski definition) is 17. The highest BCUT2D eigenvalue weighted by Crippen LogP contribution is 2.56. The lowest BCUT2D eigenvalue weighted by atomic mass is 9.62. The summed E-state index contributed by atoms with van der Waals surface area (Å²) >= 11 is 1.51. The molecule has 7 rings (SSSR count). The van der Waals surface area contributed by atoms with Gasteiger partial charge >= 0.3 is 11.9 Å². The van der Waals surface area contributed by atoms with Crippen LogP contribution in [0, 0.1) is 40.9 Å². The van der Waals surface area contributed by atoms with Gasteiger partial charge in [-0.05, 0) is 106 Å². The Kier molecular flexibility index (Phi) is 16.5. The fraction of sp³-hybridized carbons (Fsp3) is 0.736. The van der Waals surface area contributed by atoms with Crippen LogP contribution in [0.2, 0.25) is 0 Å². The number of carbonyl (C=O) groups excluding carboxylic acids is 3. The summed E-state index contributed by atoms with van der Waals surface area (Å²) in [7, 11) is 7.14. The molecule has 5 aliphatic rings. The van der Waals surface area contributed by atoms with Crippen molar-refractivity contribution in [3.05, 3.63) is 41.4 Å². The molecule has 17 heteroatoms. The first kappa shape index (κ1) is 54.4. The summed E-state index contributed by atoms with van der Waals surface area (Å²) in [4.78, 5) is 54.6. The zero-order valence-corrected chi connectivity index (χ0v) is 44.3. The number of rotatable bonds is 10. The number of Topliss-reactive ketones (excluding diaryl/α,β-unsaturated/α-hetero) is 1. The molecule has 5 aliphatic heterocycles. The van der Waals surface area contributed by atoms with E-state index in [1.807, 2.05) is 103 Å². The number of nitrogens with zero attached hydrogens (tertiary/aromatic N) is 3. The molecule has 5 saturated heterocycles. The molecule has 0 bridgehead atoms. The van der Waals surface area contributed by atoms with Gasteiger partial charge in [0.1, 0.15) is 36.7 Å². The average molecular weight is 996 g/mol. The fourth-order valence-corrected chi connectivity index (χ4v) is 13.4. The molecule has 0 spiro atoms. The smallest absolute Gasteiger partial charge is 0.324 e. The number of carbonyl (C=O) groups is 3. The Hall–Kier alpha value is -3.38. The summed E-state index contributed by atoms with van der Waals surface area (Å²) in [5.41, 5.74) is -4.12. The molecule has 5 fully saturated rings. The average Bonchev–Trinajstić information content (AvgIpc) is 4.00. The van der Waals surface area contributed by atoms with Crippen molar-refractivity contribution in [1.29, 1.82) is 0 Å². The van der Waals surface area contributed by atoms with Crippen LogP contribution >= 0.6 is 11.3 Å². The topological polar surface area (TPSA) is 185 Å². The van der Waals surface area contributed by atoms with Crippen LogP contribution in [0.4, 0.5) is 0 Å². The highest BCUT2D eigenvalue weighted by Gasteiger charge is 2.71. The second-order valence-corrected chi connectivity index (χ2v) is 22.8. The number of likely N-dealkylation sites (tertiary alicyclic amines) is 1. The molecule has 0 saturated carbocycles. The van der Waals surface area contributed by atoms with Crippen molar-refractivity contribution < 1.29 is 62.5 Å². The quantitative estimate of drug-likeness (QED) is 0.225. The number of pyridine rings is 1. The summed E-state index contributed by atoms with van der Waals surface area (Å²) in [5.74, 6) is 2.08. The Morgan fingerprint density at radius 1 is 0.957 bits per heavy atom. The number of aliphatic hydroxyl groups is 2. The predicted octanol–water partition coefficient (Wildman–Crippen LogP) is 5.49. The summed E-state index contributed by atoms with van der Waals surface area (Å²) in [6.45, 7) is 18.5. The number of hydrogen-bond donors (Lipinski definition) is 2. The molecule has 2 aromatic heterocycles. The van der Waals surface area contributed by atoms with Gasteiger partial charge in [0, 0.05) is 55.5 Å². The maximum Gasteiger partial charge on any atom is 0.324 e. The lowest BCUT2D eigenvalue weighted by Crippen LogP contribution is -2.61. The van der Waals surface area contributed by atoms with Gasteiger partial charge in [0.25, 0.3) is 0 Å². The van der Waals surface area contributed by atoms with Crippen LogP contribution in [-0.2, 0) is 52.3 Å². The van der Waals surface area contributed by atoms with E-state index in [4.69, 9.17) is 37.9 Å². The third kappa shape index (κ3) is 10.4. The van der Waals surface area contributed by atoms with Crippen LogP contribution in [-0.4, -0.2) is 168 Å². The van der Waals surface area contributed by atoms with E-state index in [1.165, 1.54) is 18.4 Å². The van der Waals surface area contributed by atoms with E-state index in [2.05, 4.69) is 16.8 Å². The molecule has 19 atom stereocenters. The van der Waals surface area contributed by atoms with Crippen molar-refractivity contribution in [3.8, 4) is 22.4 Å². The van der Waals surface area contributed by atoms with E-state index in [0.29, 0.717) is 12.8 Å². The van der Waals surface area contributed by atoms with Crippen LogP contribution in [0.1, 0.15) is 99.8 Å². The van der Waals surface area contributed by atoms with Crippen molar-refractivity contribution in [1.82, 2.24) is 14.8 Å². The molecule has 0 aliphatic carbocycles. The largest absolute Gasteiger partial charge is 0.458 e. The van der Waals surface area contributed by atoms with E-state index in [0.717, 1.165) is 15.4 Å². The van der Waals surface area contributed by atoms with Gasteiger partial charge in [0.15, 0.2) is 18.2 Å². The zero-order valence-electron chi connectivity index (χ0n) is 43.5. The van der Waals surface area contributed by atoms with E-state index < -0.39 is 113 Å². The molecule has 2 N–H and O–H groups in total. The predicted molar refractivity (Wildman–Crippen MR) is 261 cm³/mol. The number of ether oxygens (including phenoxy) is 8. The fourth-order valence-electron chi connectivity index (χ4n) is 12.6. The number of ketones is 1. The van der Waals surface area contributed by atoms with Crippen molar-refractivity contribution in [2.24, 2.45) is 29.1 Å². The monoisotopic (exact) mass is 996 g/mol. The van der Waals surface area contributed by atoms with Gasteiger partial charge in [0.05, 0.1) is 57.0 Å². The summed E-state index contributed by atoms with van der Waals surface area (Å²) < 4.78 is 52.7. The SMILES string of the molecule is CC[C@H]1OC(=O)[C@H](C)C(O[C@H]2C[C@@](C)(OC)[C@@H](O)[C@H](C)O2)[C@@H](C)[C@@H](O[C@@H]2O[C@H](C)C[C@H](N(C)C)[C@H]2O)[C@@](C)(OCC#Cc2ccc(-c3ccccn3)s2)C[C@@H](C)C(=O)[C@]2(C)CN(C)[C@H]3C(=O)O[C@@]1(C)[C@H]32. The van der Waals surface area contributed by atoms with Crippen LogP contribution in [0.3, 0.4) is 0 Å². The molecule has 0 aromatic carbocycles. The summed E-state index contributed by atoms with van der Waals surface area (Å²) in [5, 5.41) is 23.3. The molecule has 7 heterocycles. The number of thiophene rings is 1. The van der Waals surface area contributed by atoms with Gasteiger partial charge in [-0.2, -0.15) is 0 Å². The van der Waals surface area contributed by atoms with Gasteiger partial charge in [-0.25, -0.2) is 0 Å². The van der Waals surface area contributed by atoms with E-state index in [-0.39, 0.29) is 43.9 Å². The highest BCUT2D eigenvalue weighted by molar-refractivity contribution is 7.16. The molecule has 2 aromatic rings. The van der Waals surface area contributed by atoms with Gasteiger partial charge in [-0.3, -0.25) is 24.3 Å². The van der Waals surface area contributed by atoms with Gasteiger partial charge in [-0.15, -0.1) is 11.3 Å². The number of likely N-dealkylation sites (N-methyl/N-ethyl adjacent to an activating group) is 2. The van der Waals surface area contributed by atoms with Crippen LogP contribution in [0.25, 0.3) is 10.6 Å². The normalized spacial score (nSPS) is 42.9. The lowest BCUT2D eigenvalue weighted by molar-refractivity contribution is -0.320. The number of aliphatic hydroxyl groups excluding tert-OH is 2. The molecule has 0 amide bonds. The van der Waals surface area contributed by atoms with Gasteiger partial charge < -0.3 is 53.0 Å². The minimum absolute atomic E-state index is 0.0919. The lowest BCUT2D eigenvalue weighted by Gasteiger charge is -2.50. The van der Waals surface area contributed by atoms with Crippen LogP contribution < -0.4 is 0 Å². The number of esters is 2. The first-order valence-corrected chi connectivity index (χ1v) is 25.7. The van der Waals surface area contributed by atoms with Gasteiger partial charge in [0.2, 0.25) is 0 Å².